The molecular formula is C48H96ClNO4. The van der Waals surface area contributed by atoms with Gasteiger partial charge in [-0.3, -0.25) is 9.59 Å². The minimum Gasteiger partial charge on any atom is -0.424 e. The van der Waals surface area contributed by atoms with Crippen LogP contribution in [0.2, 0.25) is 0 Å². The van der Waals surface area contributed by atoms with E-state index in [9.17, 15) is 9.59 Å². The van der Waals surface area contributed by atoms with Crippen LogP contribution >= 0.6 is 12.4 Å². The van der Waals surface area contributed by atoms with Crippen molar-refractivity contribution in [2.24, 2.45) is 0 Å². The van der Waals surface area contributed by atoms with Crippen LogP contribution < -0.4 is 0 Å². The first kappa shape index (κ1) is 55.3. The maximum Gasteiger partial charge on any atom is 0.308 e. The molecule has 0 aliphatic carbocycles. The van der Waals surface area contributed by atoms with Gasteiger partial charge in [-0.2, -0.15) is 0 Å². The third-order valence-corrected chi connectivity index (χ3v) is 11.0. The Morgan fingerprint density at radius 1 is 0.352 bits per heavy atom. The maximum absolute atomic E-state index is 12.5. The smallest absolute Gasteiger partial charge is 0.308 e. The molecule has 324 valence electrons. The lowest BCUT2D eigenvalue weighted by Gasteiger charge is -2.21. The van der Waals surface area contributed by atoms with E-state index in [1.165, 1.54) is 218 Å². The Kier molecular flexibility index (Phi) is 47.7. The number of esters is 2. The number of likely N-dealkylation sites (N-methyl/N-ethyl adjacent to an activating group) is 1. The highest BCUT2D eigenvalue weighted by molar-refractivity contribution is 5.85. The van der Waals surface area contributed by atoms with E-state index in [0.717, 1.165) is 25.7 Å². The van der Waals surface area contributed by atoms with E-state index in [0.29, 0.717) is 19.4 Å². The molecule has 0 bridgehead atoms. The molecule has 0 aliphatic rings. The molecule has 6 heteroatoms. The number of rotatable bonds is 44. The number of hydrogen-bond donors (Lipinski definition) is 0. The molecule has 0 aromatic heterocycles. The largest absolute Gasteiger partial charge is 0.424 e. The van der Waals surface area contributed by atoms with Crippen LogP contribution in [0.4, 0.5) is 0 Å². The number of unbranched alkanes of at least 4 members (excludes halogenated alkanes) is 36. The molecule has 0 radical (unpaired) electrons. The van der Waals surface area contributed by atoms with Crippen LogP contribution in [0.15, 0.2) is 0 Å². The van der Waals surface area contributed by atoms with E-state index >= 15 is 0 Å². The van der Waals surface area contributed by atoms with Crippen LogP contribution in [-0.4, -0.2) is 43.8 Å². The predicted octanol–water partition coefficient (Wildman–Crippen LogP) is 16.0. The van der Waals surface area contributed by atoms with Gasteiger partial charge in [-0.25, -0.2) is 0 Å². The Bertz CT molecular complexity index is 692. The lowest BCUT2D eigenvalue weighted by atomic mass is 10.0. The third-order valence-electron chi connectivity index (χ3n) is 11.0. The summed E-state index contributed by atoms with van der Waals surface area (Å²) in [6.07, 6.45) is 50.8. The average molecular weight is 787 g/mol. The number of nitrogens with zero attached hydrogens (tertiary/aromatic N) is 1. The van der Waals surface area contributed by atoms with Crippen molar-refractivity contribution in [3.05, 3.63) is 0 Å². The van der Waals surface area contributed by atoms with E-state index in [4.69, 9.17) is 9.47 Å². The van der Waals surface area contributed by atoms with Crippen molar-refractivity contribution >= 4 is 24.3 Å². The second kappa shape index (κ2) is 46.6. The minimum absolute atomic E-state index is 0. The third kappa shape index (κ3) is 45.6. The standard InChI is InChI=1S/C48H95NO4.ClH/c1-5-7-9-11-13-15-17-19-21-23-25-27-29-31-33-35-37-39-41-43-46(50)52-48(45-49(3)4)53-47(51)44-42-40-38-36-34-32-30-28-26-24-22-20-18-16-14-12-10-8-6-2;/h48H,5-45H2,1-4H3;1H. The molecule has 0 atom stereocenters. The van der Waals surface area contributed by atoms with Gasteiger partial charge in [0, 0.05) is 12.8 Å². The summed E-state index contributed by atoms with van der Waals surface area (Å²) in [5, 5.41) is 0. The Balaban J connectivity index is 0. The minimum atomic E-state index is -0.814. The van der Waals surface area contributed by atoms with Gasteiger partial charge in [0.15, 0.2) is 0 Å². The highest BCUT2D eigenvalue weighted by Gasteiger charge is 2.19. The SMILES string of the molecule is CCCCCCCCCCCCCCCCCCCCCC(=O)OC(CN(C)C)OC(=O)CCCCCCCCCCCCCCCCCCCCC.Cl. The van der Waals surface area contributed by atoms with Crippen molar-refractivity contribution in [2.45, 2.75) is 277 Å². The summed E-state index contributed by atoms with van der Waals surface area (Å²) in [6, 6.07) is 0. The van der Waals surface area contributed by atoms with Crippen LogP contribution in [-0.2, 0) is 19.1 Å². The molecule has 0 aromatic rings. The van der Waals surface area contributed by atoms with E-state index in [2.05, 4.69) is 13.8 Å². The fourth-order valence-corrected chi connectivity index (χ4v) is 7.50. The van der Waals surface area contributed by atoms with Crippen LogP contribution in [0.5, 0.6) is 0 Å². The summed E-state index contributed by atoms with van der Waals surface area (Å²) >= 11 is 0. The number of ether oxygens (including phenoxy) is 2. The Morgan fingerprint density at radius 3 is 0.722 bits per heavy atom. The molecule has 0 rings (SSSR count). The van der Waals surface area contributed by atoms with Gasteiger partial charge in [-0.15, -0.1) is 12.4 Å². The second-order valence-electron chi connectivity index (χ2n) is 16.9. The molecule has 0 N–H and O–H groups in total. The van der Waals surface area contributed by atoms with Crippen molar-refractivity contribution in [3.8, 4) is 0 Å². The van der Waals surface area contributed by atoms with Gasteiger partial charge in [0.1, 0.15) is 0 Å². The Labute approximate surface area is 344 Å². The van der Waals surface area contributed by atoms with Gasteiger partial charge < -0.3 is 14.4 Å². The van der Waals surface area contributed by atoms with Crippen molar-refractivity contribution in [1.29, 1.82) is 0 Å². The normalized spacial score (nSPS) is 11.4. The fourth-order valence-electron chi connectivity index (χ4n) is 7.50. The Hall–Kier alpha value is -0.810. The first-order valence-corrected chi connectivity index (χ1v) is 24.0. The number of carbonyl (C=O) groups excluding carboxylic acids is 2. The molecule has 0 fully saturated rings. The van der Waals surface area contributed by atoms with Crippen molar-refractivity contribution < 1.29 is 19.1 Å². The summed E-state index contributed by atoms with van der Waals surface area (Å²) in [7, 11) is 3.81. The predicted molar refractivity (Wildman–Crippen MR) is 238 cm³/mol. The second-order valence-corrected chi connectivity index (χ2v) is 16.9. The summed E-state index contributed by atoms with van der Waals surface area (Å²) in [6.45, 7) is 4.98. The highest BCUT2D eigenvalue weighted by Crippen LogP contribution is 2.17. The molecule has 0 saturated heterocycles. The molecule has 0 unspecified atom stereocenters. The van der Waals surface area contributed by atoms with Crippen LogP contribution in [0.3, 0.4) is 0 Å². The van der Waals surface area contributed by atoms with Gasteiger partial charge in [-0.1, -0.05) is 245 Å². The zero-order valence-corrected chi connectivity index (χ0v) is 37.9. The van der Waals surface area contributed by atoms with E-state index in [-0.39, 0.29) is 24.3 Å². The van der Waals surface area contributed by atoms with Gasteiger partial charge in [0.05, 0.1) is 6.54 Å². The molecular weight excluding hydrogens is 690 g/mol. The molecule has 0 aliphatic heterocycles. The summed E-state index contributed by atoms with van der Waals surface area (Å²) in [4.78, 5) is 26.9. The van der Waals surface area contributed by atoms with E-state index in [1.54, 1.807) is 0 Å². The molecule has 0 amide bonds. The van der Waals surface area contributed by atoms with Crippen LogP contribution in [0.25, 0.3) is 0 Å². The number of halogens is 1. The van der Waals surface area contributed by atoms with Crippen molar-refractivity contribution in [3.63, 3.8) is 0 Å². The van der Waals surface area contributed by atoms with Gasteiger partial charge in [-0.05, 0) is 26.9 Å². The van der Waals surface area contributed by atoms with Crippen LogP contribution in [0, 0.1) is 0 Å². The topological polar surface area (TPSA) is 55.8 Å². The zero-order chi connectivity index (χ0) is 38.7. The van der Waals surface area contributed by atoms with E-state index < -0.39 is 6.29 Å². The molecule has 0 saturated carbocycles. The van der Waals surface area contributed by atoms with Crippen molar-refractivity contribution in [2.75, 3.05) is 20.6 Å². The molecule has 0 spiro atoms. The quantitative estimate of drug-likeness (QED) is 0.0350. The monoisotopic (exact) mass is 786 g/mol. The summed E-state index contributed by atoms with van der Waals surface area (Å²) < 4.78 is 11.2. The van der Waals surface area contributed by atoms with Gasteiger partial charge >= 0.3 is 11.9 Å². The molecule has 0 aromatic carbocycles. The lowest BCUT2D eigenvalue weighted by Crippen LogP contribution is -2.34. The van der Waals surface area contributed by atoms with Gasteiger partial charge in [0.25, 0.3) is 6.29 Å². The average Bonchev–Trinajstić information content (AvgIpc) is 3.13. The van der Waals surface area contributed by atoms with Crippen LogP contribution in [0.1, 0.15) is 271 Å². The van der Waals surface area contributed by atoms with Crippen molar-refractivity contribution in [1.82, 2.24) is 4.90 Å². The summed E-state index contributed by atoms with van der Waals surface area (Å²) in [5.41, 5.74) is 0. The number of hydrogen-bond acceptors (Lipinski definition) is 5. The molecule has 54 heavy (non-hydrogen) atoms. The first-order chi connectivity index (χ1) is 26.0. The molecule has 5 nitrogen and oxygen atoms in total. The maximum atomic E-state index is 12.5. The van der Waals surface area contributed by atoms with E-state index in [1.807, 2.05) is 19.0 Å². The zero-order valence-electron chi connectivity index (χ0n) is 37.1. The lowest BCUT2D eigenvalue weighted by molar-refractivity contribution is -0.190. The summed E-state index contributed by atoms with van der Waals surface area (Å²) in [5.74, 6) is -0.500. The number of carbonyl (C=O) groups is 2. The Morgan fingerprint density at radius 2 is 0.537 bits per heavy atom. The van der Waals surface area contributed by atoms with Gasteiger partial charge in [0.2, 0.25) is 0 Å². The molecule has 0 heterocycles. The first-order valence-electron chi connectivity index (χ1n) is 24.0. The fraction of sp³-hybridized carbons (Fsp3) is 0.958. The highest BCUT2D eigenvalue weighted by atomic mass is 35.5.